The summed E-state index contributed by atoms with van der Waals surface area (Å²) in [7, 11) is -3.41. The average Bonchev–Trinajstić information content (AvgIpc) is 2.74. The largest absolute Gasteiger partial charge is 0.352 e. The van der Waals surface area contributed by atoms with Crippen LogP contribution in [0.3, 0.4) is 0 Å². The van der Waals surface area contributed by atoms with Crippen LogP contribution in [0, 0.1) is 6.92 Å². The molecule has 2 aromatic heterocycles. The maximum atomic E-state index is 12.8. The number of nitrogens with one attached hydrogen (secondary N) is 1. The number of aryl methyl sites for hydroxylation is 1. The van der Waals surface area contributed by atoms with Crippen LogP contribution in [0.25, 0.3) is 0 Å². The molecule has 1 aliphatic rings. The molecule has 1 fully saturated rings. The van der Waals surface area contributed by atoms with Crippen molar-refractivity contribution in [3.63, 3.8) is 0 Å². The van der Waals surface area contributed by atoms with Crippen molar-refractivity contribution in [2.45, 2.75) is 12.7 Å². The molecule has 0 saturated carbocycles. The molecule has 162 valence electrons. The van der Waals surface area contributed by atoms with Gasteiger partial charge >= 0.3 is 0 Å². The molecule has 3 heterocycles. The highest BCUT2D eigenvalue weighted by molar-refractivity contribution is 7.88. The number of halogens is 1. The van der Waals surface area contributed by atoms with Gasteiger partial charge in [0.05, 0.1) is 5.75 Å². The summed E-state index contributed by atoms with van der Waals surface area (Å²) >= 11 is 5.97. The van der Waals surface area contributed by atoms with Crippen molar-refractivity contribution in [2.24, 2.45) is 0 Å². The summed E-state index contributed by atoms with van der Waals surface area (Å²) in [6.45, 7) is 3.90. The van der Waals surface area contributed by atoms with Gasteiger partial charge in [-0.3, -0.25) is 0 Å². The van der Waals surface area contributed by atoms with Gasteiger partial charge in [0.15, 0.2) is 11.6 Å². The van der Waals surface area contributed by atoms with E-state index in [4.69, 9.17) is 11.6 Å². The van der Waals surface area contributed by atoms with Gasteiger partial charge in [0.1, 0.15) is 5.82 Å². The second-order valence-electron chi connectivity index (χ2n) is 7.39. The minimum Gasteiger partial charge on any atom is -0.352 e. The molecule has 4 rings (SSSR count). The summed E-state index contributed by atoms with van der Waals surface area (Å²) in [6.07, 6.45) is 1.74. The lowest BCUT2D eigenvalue weighted by Crippen LogP contribution is -2.49. The van der Waals surface area contributed by atoms with Crippen molar-refractivity contribution < 1.29 is 8.42 Å². The SMILES string of the molecule is Cc1ccnc(Nc2ccc(N3CCN(S(=O)(=O)Cc4cccc(Cl)c4)CC3)nn2)c1. The Kier molecular flexibility index (Phi) is 6.35. The van der Waals surface area contributed by atoms with E-state index in [0.717, 1.165) is 11.4 Å². The van der Waals surface area contributed by atoms with Gasteiger partial charge in [-0.1, -0.05) is 23.7 Å². The highest BCUT2D eigenvalue weighted by atomic mass is 35.5. The van der Waals surface area contributed by atoms with Crippen LogP contribution < -0.4 is 10.2 Å². The number of pyridine rings is 1. The van der Waals surface area contributed by atoms with Crippen molar-refractivity contribution >= 4 is 39.1 Å². The maximum Gasteiger partial charge on any atom is 0.218 e. The number of rotatable bonds is 6. The first-order chi connectivity index (χ1) is 14.9. The van der Waals surface area contributed by atoms with Crippen LogP contribution >= 0.6 is 11.6 Å². The quantitative estimate of drug-likeness (QED) is 0.606. The summed E-state index contributed by atoms with van der Waals surface area (Å²) in [5.74, 6) is 1.97. The van der Waals surface area contributed by atoms with Crippen molar-refractivity contribution in [3.05, 3.63) is 70.9 Å². The lowest BCUT2D eigenvalue weighted by molar-refractivity contribution is 0.383. The maximum absolute atomic E-state index is 12.8. The lowest BCUT2D eigenvalue weighted by atomic mass is 10.2. The summed E-state index contributed by atoms with van der Waals surface area (Å²) in [5, 5.41) is 12.2. The van der Waals surface area contributed by atoms with E-state index >= 15 is 0 Å². The average molecular weight is 459 g/mol. The van der Waals surface area contributed by atoms with Crippen LogP contribution in [0.2, 0.25) is 5.02 Å². The normalized spacial score (nSPS) is 15.1. The van der Waals surface area contributed by atoms with Crippen LogP contribution in [0.15, 0.2) is 54.7 Å². The van der Waals surface area contributed by atoms with E-state index in [1.54, 1.807) is 30.5 Å². The number of nitrogens with zero attached hydrogens (tertiary/aromatic N) is 5. The Hall–Kier alpha value is -2.75. The molecule has 0 radical (unpaired) electrons. The minimum absolute atomic E-state index is 0.0548. The Balaban J connectivity index is 1.35. The van der Waals surface area contributed by atoms with Crippen LogP contribution in [-0.4, -0.2) is 54.1 Å². The first-order valence-corrected chi connectivity index (χ1v) is 11.9. The highest BCUT2D eigenvalue weighted by Crippen LogP contribution is 2.20. The number of piperazine rings is 1. The standard InChI is InChI=1S/C21H23ClN6O2S/c1-16-7-8-23-20(13-16)24-19-5-6-21(26-25-19)27-9-11-28(12-10-27)31(29,30)15-17-3-2-4-18(22)14-17/h2-8,13-14H,9-12,15H2,1H3,(H,23,24,25). The fourth-order valence-corrected chi connectivity index (χ4v) is 5.14. The van der Waals surface area contributed by atoms with Gasteiger partial charge < -0.3 is 10.2 Å². The molecule has 1 N–H and O–H groups in total. The Labute approximate surface area is 186 Å². The summed E-state index contributed by atoms with van der Waals surface area (Å²) < 4.78 is 27.1. The summed E-state index contributed by atoms with van der Waals surface area (Å²) in [6, 6.07) is 14.5. The lowest BCUT2D eigenvalue weighted by Gasteiger charge is -2.34. The molecule has 0 aliphatic carbocycles. The second-order valence-corrected chi connectivity index (χ2v) is 9.80. The molecular formula is C21H23ClN6O2S. The number of benzene rings is 1. The van der Waals surface area contributed by atoms with Crippen molar-refractivity contribution in [1.29, 1.82) is 0 Å². The third-order valence-electron chi connectivity index (χ3n) is 5.02. The van der Waals surface area contributed by atoms with Crippen molar-refractivity contribution in [1.82, 2.24) is 19.5 Å². The third kappa shape index (κ3) is 5.49. The third-order valence-corrected chi connectivity index (χ3v) is 7.10. The Bertz CT molecular complexity index is 1150. The second kappa shape index (κ2) is 9.17. The van der Waals surface area contributed by atoms with E-state index in [1.165, 1.54) is 4.31 Å². The van der Waals surface area contributed by atoms with E-state index in [-0.39, 0.29) is 5.75 Å². The fraction of sp³-hybridized carbons (Fsp3) is 0.286. The van der Waals surface area contributed by atoms with Gasteiger partial charge in [-0.15, -0.1) is 10.2 Å². The van der Waals surface area contributed by atoms with Crippen LogP contribution in [0.1, 0.15) is 11.1 Å². The smallest absolute Gasteiger partial charge is 0.218 e. The predicted molar refractivity (Wildman–Crippen MR) is 122 cm³/mol. The Morgan fingerprint density at radius 2 is 1.81 bits per heavy atom. The van der Waals surface area contributed by atoms with Crippen molar-refractivity contribution in [2.75, 3.05) is 36.4 Å². The first-order valence-electron chi connectivity index (χ1n) is 9.90. The molecule has 31 heavy (non-hydrogen) atoms. The van der Waals surface area contributed by atoms with E-state index in [0.29, 0.717) is 48.4 Å². The van der Waals surface area contributed by atoms with E-state index in [2.05, 4.69) is 20.5 Å². The highest BCUT2D eigenvalue weighted by Gasteiger charge is 2.27. The fourth-order valence-electron chi connectivity index (χ4n) is 3.42. The van der Waals surface area contributed by atoms with Gasteiger partial charge in [-0.05, 0) is 54.4 Å². The van der Waals surface area contributed by atoms with Gasteiger partial charge in [-0.2, -0.15) is 4.31 Å². The number of hydrogen-bond acceptors (Lipinski definition) is 7. The Morgan fingerprint density at radius 3 is 2.48 bits per heavy atom. The van der Waals surface area contributed by atoms with Crippen LogP contribution in [0.4, 0.5) is 17.5 Å². The molecule has 1 aliphatic heterocycles. The van der Waals surface area contributed by atoms with Gasteiger partial charge in [0, 0.05) is 37.4 Å². The predicted octanol–water partition coefficient (Wildman–Crippen LogP) is 3.23. The zero-order chi connectivity index (χ0) is 21.8. The summed E-state index contributed by atoms with van der Waals surface area (Å²) in [4.78, 5) is 6.29. The zero-order valence-corrected chi connectivity index (χ0v) is 18.6. The van der Waals surface area contributed by atoms with Gasteiger partial charge in [0.2, 0.25) is 10.0 Å². The van der Waals surface area contributed by atoms with Crippen LogP contribution in [-0.2, 0) is 15.8 Å². The van der Waals surface area contributed by atoms with Gasteiger partial charge in [0.25, 0.3) is 0 Å². The number of anilines is 3. The molecular weight excluding hydrogens is 436 g/mol. The monoisotopic (exact) mass is 458 g/mol. The molecule has 0 unspecified atom stereocenters. The molecule has 8 nitrogen and oxygen atoms in total. The zero-order valence-electron chi connectivity index (χ0n) is 17.1. The molecule has 0 spiro atoms. The molecule has 0 bridgehead atoms. The molecule has 1 aromatic carbocycles. The summed E-state index contributed by atoms with van der Waals surface area (Å²) in [5.41, 5.74) is 1.79. The van der Waals surface area contributed by atoms with Crippen LogP contribution in [0.5, 0.6) is 0 Å². The first kappa shape index (κ1) is 21.5. The topological polar surface area (TPSA) is 91.3 Å². The van der Waals surface area contributed by atoms with Gasteiger partial charge in [-0.25, -0.2) is 13.4 Å². The minimum atomic E-state index is -3.41. The molecule has 1 saturated heterocycles. The van der Waals surface area contributed by atoms with E-state index in [1.807, 2.05) is 36.1 Å². The molecule has 0 amide bonds. The number of hydrogen-bond donors (Lipinski definition) is 1. The molecule has 0 atom stereocenters. The Morgan fingerprint density at radius 1 is 1.00 bits per heavy atom. The molecule has 3 aromatic rings. The van der Waals surface area contributed by atoms with E-state index < -0.39 is 10.0 Å². The number of sulfonamides is 1. The number of aromatic nitrogens is 3. The van der Waals surface area contributed by atoms with Crippen molar-refractivity contribution in [3.8, 4) is 0 Å². The molecule has 10 heteroatoms. The van der Waals surface area contributed by atoms with E-state index in [9.17, 15) is 8.42 Å².